The van der Waals surface area contributed by atoms with E-state index in [1.54, 1.807) is 0 Å². The third-order valence-electron chi connectivity index (χ3n) is 2.99. The molecule has 0 bridgehead atoms. The van der Waals surface area contributed by atoms with Crippen molar-refractivity contribution in [3.05, 3.63) is 0 Å². The highest BCUT2D eigenvalue weighted by atomic mass is 16.5. The highest BCUT2D eigenvalue weighted by Gasteiger charge is 2.27. The fourth-order valence-corrected chi connectivity index (χ4v) is 1.96. The first kappa shape index (κ1) is 20.1. The summed E-state index contributed by atoms with van der Waals surface area (Å²) in [6, 6.07) is -1.62. The van der Waals surface area contributed by atoms with E-state index in [1.807, 2.05) is 13.8 Å². The average molecular weight is 314 g/mol. The summed E-state index contributed by atoms with van der Waals surface area (Å²) in [5.41, 5.74) is 0. The first-order chi connectivity index (χ1) is 10.2. The molecule has 0 fully saturated rings. The number of hydrogen-bond acceptors (Lipinski definition) is 5. The molecule has 7 heteroatoms. The van der Waals surface area contributed by atoms with Crippen molar-refractivity contribution in [2.75, 3.05) is 7.11 Å². The third kappa shape index (κ3) is 8.39. The Kier molecular flexibility index (Phi) is 9.05. The van der Waals surface area contributed by atoms with E-state index < -0.39 is 24.0 Å². The molecule has 0 aromatic heterocycles. The topological polar surface area (TPSA) is 102 Å². The minimum Gasteiger partial charge on any atom is -0.467 e. The second-order valence-corrected chi connectivity index (χ2v) is 5.71. The predicted molar refractivity (Wildman–Crippen MR) is 80.9 cm³/mol. The molecule has 0 rings (SSSR count). The number of rotatable bonds is 9. The number of nitrogens with one attached hydrogen (secondary N) is 2. The number of Topliss-reactive ketones (excluding diaryl/α,β-unsaturated/α-hetero) is 1. The van der Waals surface area contributed by atoms with Gasteiger partial charge in [0.15, 0.2) is 0 Å². The number of carbonyl (C=O) groups is 4. The highest BCUT2D eigenvalue weighted by Crippen LogP contribution is 2.07. The maximum Gasteiger partial charge on any atom is 0.328 e. The van der Waals surface area contributed by atoms with Crippen molar-refractivity contribution in [1.29, 1.82) is 0 Å². The van der Waals surface area contributed by atoms with Gasteiger partial charge >= 0.3 is 5.97 Å². The highest BCUT2D eigenvalue weighted by molar-refractivity contribution is 5.90. The second-order valence-electron chi connectivity index (χ2n) is 5.71. The van der Waals surface area contributed by atoms with Crippen LogP contribution in [0, 0.1) is 5.92 Å². The molecule has 2 N–H and O–H groups in total. The van der Waals surface area contributed by atoms with Crippen LogP contribution in [0.5, 0.6) is 0 Å². The van der Waals surface area contributed by atoms with Gasteiger partial charge in [0, 0.05) is 13.3 Å². The Morgan fingerprint density at radius 3 is 2.00 bits per heavy atom. The molecular weight excluding hydrogens is 288 g/mol. The van der Waals surface area contributed by atoms with Crippen LogP contribution in [0.4, 0.5) is 0 Å². The van der Waals surface area contributed by atoms with Crippen LogP contribution >= 0.6 is 0 Å². The predicted octanol–water partition coefficient (Wildman–Crippen LogP) is 0.564. The Morgan fingerprint density at radius 1 is 1.00 bits per heavy atom. The van der Waals surface area contributed by atoms with Crippen molar-refractivity contribution >= 4 is 23.6 Å². The molecule has 0 aromatic rings. The Balaban J connectivity index is 4.88. The van der Waals surface area contributed by atoms with Crippen LogP contribution in [0.15, 0.2) is 0 Å². The maximum atomic E-state index is 12.3. The normalized spacial score (nSPS) is 13.2. The van der Waals surface area contributed by atoms with E-state index >= 15 is 0 Å². The van der Waals surface area contributed by atoms with Gasteiger partial charge in [0.05, 0.1) is 7.11 Å². The summed E-state index contributed by atoms with van der Waals surface area (Å²) < 4.78 is 4.64. The van der Waals surface area contributed by atoms with Crippen molar-refractivity contribution in [3.8, 4) is 0 Å². The lowest BCUT2D eigenvalue weighted by molar-refractivity contribution is -0.145. The number of ether oxygens (including phenoxy) is 1. The monoisotopic (exact) mass is 314 g/mol. The quantitative estimate of drug-likeness (QED) is 0.606. The van der Waals surface area contributed by atoms with E-state index in [9.17, 15) is 19.2 Å². The molecule has 126 valence electrons. The zero-order valence-electron chi connectivity index (χ0n) is 13.9. The molecule has 0 spiro atoms. The van der Waals surface area contributed by atoms with Crippen molar-refractivity contribution in [1.82, 2.24) is 10.6 Å². The molecule has 0 aliphatic heterocycles. The van der Waals surface area contributed by atoms with Gasteiger partial charge in [0.25, 0.3) is 0 Å². The molecule has 22 heavy (non-hydrogen) atoms. The van der Waals surface area contributed by atoms with Gasteiger partial charge in [-0.05, 0) is 25.7 Å². The molecular formula is C15H26N2O5. The molecule has 0 aliphatic rings. The molecule has 0 radical (unpaired) electrons. The van der Waals surface area contributed by atoms with Crippen LogP contribution in [0.25, 0.3) is 0 Å². The first-order valence-electron chi connectivity index (χ1n) is 7.32. The summed E-state index contributed by atoms with van der Waals surface area (Å²) in [6.07, 6.45) is 0.781. The zero-order chi connectivity index (χ0) is 17.3. The molecule has 0 unspecified atom stereocenters. The Labute approximate surface area is 131 Å². The third-order valence-corrected chi connectivity index (χ3v) is 2.99. The largest absolute Gasteiger partial charge is 0.467 e. The molecule has 0 saturated carbocycles. The van der Waals surface area contributed by atoms with Gasteiger partial charge in [-0.1, -0.05) is 13.8 Å². The van der Waals surface area contributed by atoms with Gasteiger partial charge in [-0.25, -0.2) is 4.79 Å². The SMILES string of the molecule is COC(=O)[C@H](CCC(C)=O)NC(=O)[C@H](CC(C)C)NC(C)=O. The summed E-state index contributed by atoms with van der Waals surface area (Å²) in [6.45, 7) is 6.59. The minimum atomic E-state index is -0.898. The molecule has 0 heterocycles. The minimum absolute atomic E-state index is 0.0799. The summed E-state index contributed by atoms with van der Waals surface area (Å²) >= 11 is 0. The van der Waals surface area contributed by atoms with Gasteiger partial charge in [-0.15, -0.1) is 0 Å². The van der Waals surface area contributed by atoms with E-state index in [2.05, 4.69) is 15.4 Å². The van der Waals surface area contributed by atoms with E-state index in [1.165, 1.54) is 21.0 Å². The van der Waals surface area contributed by atoms with Crippen LogP contribution in [0.2, 0.25) is 0 Å². The molecule has 2 atom stereocenters. The summed E-state index contributed by atoms with van der Waals surface area (Å²) in [7, 11) is 1.22. The number of hydrogen-bond donors (Lipinski definition) is 2. The molecule has 0 saturated heterocycles. The maximum absolute atomic E-state index is 12.3. The average Bonchev–Trinajstić information content (AvgIpc) is 2.40. The Bertz CT molecular complexity index is 420. The second kappa shape index (κ2) is 9.92. The first-order valence-corrected chi connectivity index (χ1v) is 7.32. The number of esters is 1. The Hall–Kier alpha value is -1.92. The number of ketones is 1. The lowest BCUT2D eigenvalue weighted by Gasteiger charge is -2.22. The van der Waals surface area contributed by atoms with Crippen molar-refractivity contribution in [2.24, 2.45) is 5.92 Å². The summed E-state index contributed by atoms with van der Waals surface area (Å²) in [5, 5.41) is 5.12. The van der Waals surface area contributed by atoms with Crippen molar-refractivity contribution in [2.45, 2.75) is 59.0 Å². The lowest BCUT2D eigenvalue weighted by Crippen LogP contribution is -2.52. The van der Waals surface area contributed by atoms with E-state index in [-0.39, 0.29) is 30.4 Å². The summed E-state index contributed by atoms with van der Waals surface area (Å²) in [4.78, 5) is 46.2. The molecule has 2 amide bonds. The fraction of sp³-hybridized carbons (Fsp3) is 0.733. The zero-order valence-corrected chi connectivity index (χ0v) is 13.9. The van der Waals surface area contributed by atoms with E-state index in [0.717, 1.165) is 0 Å². The van der Waals surface area contributed by atoms with Gasteiger partial charge in [-0.2, -0.15) is 0 Å². The van der Waals surface area contributed by atoms with E-state index in [4.69, 9.17) is 0 Å². The van der Waals surface area contributed by atoms with Gasteiger partial charge in [-0.3, -0.25) is 9.59 Å². The van der Waals surface area contributed by atoms with Crippen molar-refractivity contribution < 1.29 is 23.9 Å². The summed E-state index contributed by atoms with van der Waals surface area (Å²) in [5.74, 6) is -1.28. The van der Waals surface area contributed by atoms with Crippen LogP contribution in [-0.2, 0) is 23.9 Å². The van der Waals surface area contributed by atoms with Crippen LogP contribution in [0.3, 0.4) is 0 Å². The smallest absolute Gasteiger partial charge is 0.328 e. The fourth-order valence-electron chi connectivity index (χ4n) is 1.96. The Morgan fingerprint density at radius 2 is 1.59 bits per heavy atom. The molecule has 7 nitrogen and oxygen atoms in total. The number of amides is 2. The van der Waals surface area contributed by atoms with Crippen LogP contribution < -0.4 is 10.6 Å². The van der Waals surface area contributed by atoms with Crippen LogP contribution in [-0.4, -0.2) is 42.8 Å². The van der Waals surface area contributed by atoms with Gasteiger partial charge in [0.2, 0.25) is 11.8 Å². The van der Waals surface area contributed by atoms with Gasteiger partial charge < -0.3 is 20.2 Å². The number of methoxy groups -OCH3 is 1. The van der Waals surface area contributed by atoms with Crippen molar-refractivity contribution in [3.63, 3.8) is 0 Å². The van der Waals surface area contributed by atoms with E-state index in [0.29, 0.717) is 6.42 Å². The van der Waals surface area contributed by atoms with Gasteiger partial charge in [0.1, 0.15) is 17.9 Å². The number of carbonyl (C=O) groups excluding carboxylic acids is 4. The standard InChI is InChI=1S/C15H26N2O5/c1-9(2)8-13(16-11(4)19)14(20)17-12(15(21)22-5)7-6-10(3)18/h9,12-13H,6-8H2,1-5H3,(H,16,19)(H,17,20)/t12-,13-/m0/s1. The van der Waals surface area contributed by atoms with Crippen LogP contribution in [0.1, 0.15) is 47.0 Å². The molecule has 0 aliphatic carbocycles. The molecule has 0 aromatic carbocycles. The lowest BCUT2D eigenvalue weighted by atomic mass is 10.0.